The minimum atomic E-state index is -0.459. The van der Waals surface area contributed by atoms with Crippen molar-refractivity contribution in [2.75, 3.05) is 0 Å². The predicted octanol–water partition coefficient (Wildman–Crippen LogP) is 3.52. The zero-order valence-corrected chi connectivity index (χ0v) is 12.6. The molecule has 112 valence electrons. The van der Waals surface area contributed by atoms with Gasteiger partial charge in [-0.3, -0.25) is 4.79 Å². The van der Waals surface area contributed by atoms with E-state index in [1.165, 1.54) is 0 Å². The largest absolute Gasteiger partial charge is 0.461 e. The quantitative estimate of drug-likeness (QED) is 0.675. The first-order valence-corrected chi connectivity index (χ1v) is 6.95. The molecule has 2 aromatic rings. The standard InChI is InChI=1S/C16H19NO4/c1-5-11-14(13-7-6-10(4)21-13)12(8-18)17-15(11)16(19)20-9(2)3/h6-9,17H,5H2,1-4H3. The van der Waals surface area contributed by atoms with Crippen molar-refractivity contribution in [3.05, 3.63) is 34.8 Å². The van der Waals surface area contributed by atoms with Gasteiger partial charge in [-0.15, -0.1) is 0 Å². The Labute approximate surface area is 123 Å². The summed E-state index contributed by atoms with van der Waals surface area (Å²) in [5, 5.41) is 0. The highest BCUT2D eigenvalue weighted by Gasteiger charge is 2.24. The van der Waals surface area contributed by atoms with Gasteiger partial charge in [0.2, 0.25) is 0 Å². The van der Waals surface area contributed by atoms with Crippen LogP contribution in [0.25, 0.3) is 11.3 Å². The van der Waals surface area contributed by atoms with Crippen LogP contribution in [0.5, 0.6) is 0 Å². The lowest BCUT2D eigenvalue weighted by atomic mass is 10.0. The molecule has 2 aromatic heterocycles. The number of H-pyrrole nitrogens is 1. The molecule has 1 N–H and O–H groups in total. The molecule has 0 spiro atoms. The highest BCUT2D eigenvalue weighted by atomic mass is 16.5. The lowest BCUT2D eigenvalue weighted by molar-refractivity contribution is 0.0370. The van der Waals surface area contributed by atoms with Crippen molar-refractivity contribution in [2.24, 2.45) is 0 Å². The SMILES string of the molecule is CCc1c(C(=O)OC(C)C)[nH]c(C=O)c1-c1ccc(C)o1. The first kappa shape index (κ1) is 15.1. The summed E-state index contributed by atoms with van der Waals surface area (Å²) in [4.78, 5) is 26.3. The van der Waals surface area contributed by atoms with Crippen LogP contribution in [-0.4, -0.2) is 23.3 Å². The van der Waals surface area contributed by atoms with Crippen LogP contribution < -0.4 is 0 Å². The zero-order valence-electron chi connectivity index (χ0n) is 12.6. The molecular weight excluding hydrogens is 270 g/mol. The molecule has 0 fully saturated rings. The number of furan rings is 1. The van der Waals surface area contributed by atoms with Gasteiger partial charge in [-0.1, -0.05) is 6.92 Å². The Morgan fingerprint density at radius 2 is 2.14 bits per heavy atom. The molecule has 0 aliphatic heterocycles. The Morgan fingerprint density at radius 3 is 2.62 bits per heavy atom. The Morgan fingerprint density at radius 1 is 1.43 bits per heavy atom. The summed E-state index contributed by atoms with van der Waals surface area (Å²) in [5.74, 6) is 0.863. The van der Waals surface area contributed by atoms with Gasteiger partial charge in [-0.05, 0) is 44.9 Å². The maximum atomic E-state index is 12.2. The van der Waals surface area contributed by atoms with Gasteiger partial charge in [0.05, 0.1) is 11.8 Å². The molecule has 0 bridgehead atoms. The van der Waals surface area contributed by atoms with Gasteiger partial charge < -0.3 is 14.1 Å². The molecular formula is C16H19NO4. The molecule has 0 amide bonds. The lowest BCUT2D eigenvalue weighted by Crippen LogP contribution is -2.13. The van der Waals surface area contributed by atoms with Crippen molar-refractivity contribution < 1.29 is 18.7 Å². The summed E-state index contributed by atoms with van der Waals surface area (Å²) < 4.78 is 10.8. The number of rotatable bonds is 5. The number of carbonyl (C=O) groups excluding carboxylic acids is 2. The van der Waals surface area contributed by atoms with Crippen LogP contribution in [0.2, 0.25) is 0 Å². The molecule has 0 saturated carbocycles. The van der Waals surface area contributed by atoms with E-state index in [1.54, 1.807) is 19.9 Å². The van der Waals surface area contributed by atoms with Crippen molar-refractivity contribution in [1.29, 1.82) is 0 Å². The van der Waals surface area contributed by atoms with Gasteiger partial charge in [0.1, 0.15) is 17.2 Å². The smallest absolute Gasteiger partial charge is 0.355 e. The number of ether oxygens (including phenoxy) is 1. The summed E-state index contributed by atoms with van der Waals surface area (Å²) in [7, 11) is 0. The van der Waals surface area contributed by atoms with Gasteiger partial charge in [0.15, 0.2) is 6.29 Å². The predicted molar refractivity (Wildman–Crippen MR) is 78.5 cm³/mol. The second kappa shape index (κ2) is 5.99. The van der Waals surface area contributed by atoms with Crippen molar-refractivity contribution in [1.82, 2.24) is 4.98 Å². The molecule has 0 aliphatic carbocycles. The normalized spacial score (nSPS) is 10.9. The van der Waals surface area contributed by atoms with E-state index in [1.807, 2.05) is 19.9 Å². The third-order valence-corrected chi connectivity index (χ3v) is 3.14. The Hall–Kier alpha value is -2.30. The zero-order chi connectivity index (χ0) is 15.6. The number of carbonyl (C=O) groups is 2. The first-order chi connectivity index (χ1) is 9.97. The molecule has 5 heteroatoms. The van der Waals surface area contributed by atoms with Crippen LogP contribution in [0.4, 0.5) is 0 Å². The average molecular weight is 289 g/mol. The fourth-order valence-electron chi connectivity index (χ4n) is 2.30. The fraction of sp³-hybridized carbons (Fsp3) is 0.375. The molecule has 0 aromatic carbocycles. The van der Waals surface area contributed by atoms with Crippen molar-refractivity contribution in [2.45, 2.75) is 40.2 Å². The van der Waals surface area contributed by atoms with E-state index in [0.29, 0.717) is 35.4 Å². The number of aldehydes is 1. The maximum Gasteiger partial charge on any atom is 0.355 e. The Bertz CT molecular complexity index is 664. The summed E-state index contributed by atoms with van der Waals surface area (Å²) in [5.41, 5.74) is 2.02. The van der Waals surface area contributed by atoms with Crippen LogP contribution >= 0.6 is 0 Å². The van der Waals surface area contributed by atoms with E-state index in [0.717, 1.165) is 11.3 Å². The van der Waals surface area contributed by atoms with Crippen molar-refractivity contribution >= 4 is 12.3 Å². The van der Waals surface area contributed by atoms with E-state index in [-0.39, 0.29) is 6.10 Å². The molecule has 2 heterocycles. The molecule has 0 saturated heterocycles. The molecule has 0 unspecified atom stereocenters. The molecule has 21 heavy (non-hydrogen) atoms. The van der Waals surface area contributed by atoms with Gasteiger partial charge in [-0.25, -0.2) is 4.79 Å². The van der Waals surface area contributed by atoms with Gasteiger partial charge in [0.25, 0.3) is 0 Å². The monoisotopic (exact) mass is 289 g/mol. The van der Waals surface area contributed by atoms with E-state index in [2.05, 4.69) is 4.98 Å². The van der Waals surface area contributed by atoms with Crippen LogP contribution in [0.15, 0.2) is 16.5 Å². The number of nitrogens with one attached hydrogen (secondary N) is 1. The summed E-state index contributed by atoms with van der Waals surface area (Å²) in [6.07, 6.45) is 1.06. The highest BCUT2D eigenvalue weighted by Crippen LogP contribution is 2.32. The van der Waals surface area contributed by atoms with Gasteiger partial charge in [0, 0.05) is 5.56 Å². The first-order valence-electron chi connectivity index (χ1n) is 6.95. The maximum absolute atomic E-state index is 12.2. The van der Waals surface area contributed by atoms with E-state index < -0.39 is 5.97 Å². The summed E-state index contributed by atoms with van der Waals surface area (Å²) in [6.45, 7) is 7.31. The number of aromatic amines is 1. The van der Waals surface area contributed by atoms with E-state index in [4.69, 9.17) is 9.15 Å². The minimum Gasteiger partial charge on any atom is -0.461 e. The average Bonchev–Trinajstić information content (AvgIpc) is 3.00. The summed E-state index contributed by atoms with van der Waals surface area (Å²) in [6, 6.07) is 3.62. The molecule has 5 nitrogen and oxygen atoms in total. The van der Waals surface area contributed by atoms with Crippen LogP contribution in [0.3, 0.4) is 0 Å². The molecule has 2 rings (SSSR count). The Kier molecular flexibility index (Phi) is 4.31. The van der Waals surface area contributed by atoms with Crippen molar-refractivity contribution in [3.8, 4) is 11.3 Å². The van der Waals surface area contributed by atoms with Crippen LogP contribution in [0.1, 0.15) is 53.1 Å². The third-order valence-electron chi connectivity index (χ3n) is 3.14. The number of aromatic nitrogens is 1. The van der Waals surface area contributed by atoms with Gasteiger partial charge >= 0.3 is 5.97 Å². The van der Waals surface area contributed by atoms with Crippen LogP contribution in [0, 0.1) is 6.92 Å². The molecule has 0 atom stereocenters. The third kappa shape index (κ3) is 2.91. The molecule has 0 aliphatic rings. The number of hydrogen-bond donors (Lipinski definition) is 1. The number of esters is 1. The van der Waals surface area contributed by atoms with E-state index >= 15 is 0 Å². The lowest BCUT2D eigenvalue weighted by Gasteiger charge is -2.08. The highest BCUT2D eigenvalue weighted by molar-refractivity contribution is 5.97. The topological polar surface area (TPSA) is 72.3 Å². The van der Waals surface area contributed by atoms with E-state index in [9.17, 15) is 9.59 Å². The second-order valence-corrected chi connectivity index (χ2v) is 5.10. The summed E-state index contributed by atoms with van der Waals surface area (Å²) >= 11 is 0. The van der Waals surface area contributed by atoms with Crippen LogP contribution in [-0.2, 0) is 11.2 Å². The minimum absolute atomic E-state index is 0.223. The van der Waals surface area contributed by atoms with Crippen molar-refractivity contribution in [3.63, 3.8) is 0 Å². The number of hydrogen-bond acceptors (Lipinski definition) is 4. The fourth-order valence-corrected chi connectivity index (χ4v) is 2.30. The second-order valence-electron chi connectivity index (χ2n) is 5.10. The van der Waals surface area contributed by atoms with Gasteiger partial charge in [-0.2, -0.15) is 0 Å². The number of aryl methyl sites for hydroxylation is 1. The Balaban J connectivity index is 2.57. The molecule has 0 radical (unpaired) electrons.